The van der Waals surface area contributed by atoms with Crippen molar-refractivity contribution in [2.45, 2.75) is 6.54 Å². The summed E-state index contributed by atoms with van der Waals surface area (Å²) in [7, 11) is 0. The lowest BCUT2D eigenvalue weighted by Gasteiger charge is -2.19. The Hall–Kier alpha value is -3.58. The molecule has 5 rings (SSSR count). The highest BCUT2D eigenvalue weighted by Gasteiger charge is 2.12. The third-order valence-electron chi connectivity index (χ3n) is 4.89. The number of anilines is 2. The maximum atomic E-state index is 5.61. The van der Waals surface area contributed by atoms with E-state index in [1.54, 1.807) is 0 Å². The van der Waals surface area contributed by atoms with Gasteiger partial charge < -0.3 is 20.1 Å². The van der Waals surface area contributed by atoms with Crippen molar-refractivity contribution in [3.8, 4) is 11.5 Å². The van der Waals surface area contributed by atoms with E-state index >= 15 is 0 Å². The van der Waals surface area contributed by atoms with Crippen molar-refractivity contribution < 1.29 is 9.47 Å². The number of thiocarbonyl (C=S) groups is 1. The van der Waals surface area contributed by atoms with E-state index in [1.165, 1.54) is 16.3 Å². The standard InChI is InChI=1S/C23H20N4O2S/c30-23(24-18-8-9-20-21(14-18)29-13-12-28-20)25-22-10-11-27(26-22)15-17-6-3-5-16-4-1-2-7-19(16)17/h1-11,14H,12-13,15H2,(H2,24,25,26,30). The highest BCUT2D eigenvalue weighted by molar-refractivity contribution is 7.80. The molecule has 0 amide bonds. The van der Waals surface area contributed by atoms with Crippen LogP contribution in [0.3, 0.4) is 0 Å². The first-order chi connectivity index (χ1) is 14.7. The molecule has 1 aromatic heterocycles. The number of ether oxygens (including phenoxy) is 2. The molecular weight excluding hydrogens is 396 g/mol. The number of nitrogens with one attached hydrogen (secondary N) is 2. The summed E-state index contributed by atoms with van der Waals surface area (Å²) in [5, 5.41) is 13.8. The normalized spacial score (nSPS) is 12.5. The minimum atomic E-state index is 0.460. The van der Waals surface area contributed by atoms with Crippen LogP contribution in [0.4, 0.5) is 11.5 Å². The molecule has 30 heavy (non-hydrogen) atoms. The second-order valence-corrected chi connectivity index (χ2v) is 7.38. The Bertz CT molecular complexity index is 1220. The summed E-state index contributed by atoms with van der Waals surface area (Å²) in [5.41, 5.74) is 2.05. The van der Waals surface area contributed by atoms with Crippen molar-refractivity contribution in [1.29, 1.82) is 0 Å². The second-order valence-electron chi connectivity index (χ2n) is 6.97. The van der Waals surface area contributed by atoms with Crippen molar-refractivity contribution in [2.24, 2.45) is 0 Å². The Morgan fingerprint density at radius 1 is 0.933 bits per heavy atom. The molecule has 0 radical (unpaired) electrons. The summed E-state index contributed by atoms with van der Waals surface area (Å²) >= 11 is 5.43. The Morgan fingerprint density at radius 2 is 1.77 bits per heavy atom. The summed E-state index contributed by atoms with van der Waals surface area (Å²) in [5.74, 6) is 2.15. The molecular formula is C23H20N4O2S. The molecule has 0 aliphatic carbocycles. The summed E-state index contributed by atoms with van der Waals surface area (Å²) in [6.07, 6.45) is 1.94. The second kappa shape index (κ2) is 8.04. The van der Waals surface area contributed by atoms with Crippen LogP contribution in [0.15, 0.2) is 72.9 Å². The zero-order chi connectivity index (χ0) is 20.3. The molecule has 0 fully saturated rings. The van der Waals surface area contributed by atoms with Crippen LogP contribution in [-0.2, 0) is 6.54 Å². The maximum absolute atomic E-state index is 5.61. The van der Waals surface area contributed by atoms with Crippen LogP contribution >= 0.6 is 12.2 Å². The monoisotopic (exact) mass is 416 g/mol. The van der Waals surface area contributed by atoms with Gasteiger partial charge in [0.2, 0.25) is 0 Å². The van der Waals surface area contributed by atoms with E-state index in [1.807, 2.05) is 35.1 Å². The van der Waals surface area contributed by atoms with Gasteiger partial charge in [0.15, 0.2) is 22.4 Å². The molecule has 1 aliphatic rings. The van der Waals surface area contributed by atoms with Crippen LogP contribution in [0.25, 0.3) is 10.8 Å². The summed E-state index contributed by atoms with van der Waals surface area (Å²) in [6, 6.07) is 22.3. The molecule has 0 saturated heterocycles. The summed E-state index contributed by atoms with van der Waals surface area (Å²) in [6.45, 7) is 1.81. The summed E-state index contributed by atoms with van der Waals surface area (Å²) < 4.78 is 13.1. The Morgan fingerprint density at radius 3 is 2.70 bits per heavy atom. The van der Waals surface area contributed by atoms with Crippen molar-refractivity contribution in [2.75, 3.05) is 23.8 Å². The predicted octanol–water partition coefficient (Wildman–Crippen LogP) is 4.66. The van der Waals surface area contributed by atoms with E-state index in [-0.39, 0.29) is 0 Å². The topological polar surface area (TPSA) is 60.3 Å². The van der Waals surface area contributed by atoms with Gasteiger partial charge in [-0.05, 0) is 40.7 Å². The van der Waals surface area contributed by atoms with E-state index in [0.29, 0.717) is 36.4 Å². The molecule has 1 aliphatic heterocycles. The SMILES string of the molecule is S=C(Nc1ccc2c(c1)OCCO2)Nc1ccn(Cc2cccc3ccccc23)n1. The predicted molar refractivity (Wildman–Crippen MR) is 123 cm³/mol. The fourth-order valence-electron chi connectivity index (χ4n) is 3.52. The molecule has 0 unspecified atom stereocenters. The highest BCUT2D eigenvalue weighted by Crippen LogP contribution is 2.32. The lowest BCUT2D eigenvalue weighted by Crippen LogP contribution is -2.20. The first-order valence-electron chi connectivity index (χ1n) is 9.72. The maximum Gasteiger partial charge on any atom is 0.176 e. The van der Waals surface area contributed by atoms with Gasteiger partial charge in [-0.1, -0.05) is 42.5 Å². The fraction of sp³-hybridized carbons (Fsp3) is 0.130. The van der Waals surface area contributed by atoms with Crippen molar-refractivity contribution in [3.63, 3.8) is 0 Å². The quantitative estimate of drug-likeness (QED) is 0.472. The Balaban J connectivity index is 1.25. The Kier molecular flexibility index (Phi) is 4.94. The molecule has 0 saturated carbocycles. The zero-order valence-electron chi connectivity index (χ0n) is 16.2. The van der Waals surface area contributed by atoms with Gasteiger partial charge in [-0.15, -0.1) is 0 Å². The lowest BCUT2D eigenvalue weighted by atomic mass is 10.0. The molecule has 3 aromatic carbocycles. The number of hydrogen-bond donors (Lipinski definition) is 2. The van der Waals surface area contributed by atoms with Gasteiger partial charge in [-0.2, -0.15) is 5.10 Å². The van der Waals surface area contributed by atoms with Gasteiger partial charge in [0, 0.05) is 24.0 Å². The van der Waals surface area contributed by atoms with E-state index in [0.717, 1.165) is 11.4 Å². The van der Waals surface area contributed by atoms with Crippen molar-refractivity contribution in [1.82, 2.24) is 9.78 Å². The fourth-order valence-corrected chi connectivity index (χ4v) is 3.74. The molecule has 6 nitrogen and oxygen atoms in total. The first-order valence-corrected chi connectivity index (χ1v) is 10.1. The molecule has 2 N–H and O–H groups in total. The van der Waals surface area contributed by atoms with Crippen LogP contribution in [0.5, 0.6) is 11.5 Å². The summed E-state index contributed by atoms with van der Waals surface area (Å²) in [4.78, 5) is 0. The number of hydrogen-bond acceptors (Lipinski definition) is 4. The highest BCUT2D eigenvalue weighted by atomic mass is 32.1. The van der Waals surface area contributed by atoms with Crippen LogP contribution in [0, 0.1) is 0 Å². The van der Waals surface area contributed by atoms with E-state index in [2.05, 4.69) is 58.2 Å². The van der Waals surface area contributed by atoms with Crippen LogP contribution < -0.4 is 20.1 Å². The Labute approximate surface area is 179 Å². The van der Waals surface area contributed by atoms with Gasteiger partial charge in [0.1, 0.15) is 13.2 Å². The average molecular weight is 417 g/mol. The van der Waals surface area contributed by atoms with Crippen molar-refractivity contribution in [3.05, 3.63) is 78.5 Å². The molecule has 0 spiro atoms. The smallest absolute Gasteiger partial charge is 0.176 e. The van der Waals surface area contributed by atoms with Gasteiger partial charge in [0.25, 0.3) is 0 Å². The lowest BCUT2D eigenvalue weighted by molar-refractivity contribution is 0.171. The molecule has 0 bridgehead atoms. The number of fused-ring (bicyclic) bond motifs is 2. The van der Waals surface area contributed by atoms with Gasteiger partial charge in [-0.3, -0.25) is 4.68 Å². The molecule has 2 heterocycles. The van der Waals surface area contributed by atoms with Crippen LogP contribution in [-0.4, -0.2) is 28.1 Å². The van der Waals surface area contributed by atoms with Gasteiger partial charge in [0.05, 0.1) is 6.54 Å². The first kappa shape index (κ1) is 18.4. The van der Waals surface area contributed by atoms with E-state index < -0.39 is 0 Å². The third-order valence-corrected chi connectivity index (χ3v) is 5.10. The minimum Gasteiger partial charge on any atom is -0.486 e. The average Bonchev–Trinajstić information content (AvgIpc) is 3.20. The molecule has 0 atom stereocenters. The number of aromatic nitrogens is 2. The largest absolute Gasteiger partial charge is 0.486 e. The molecule has 4 aromatic rings. The van der Waals surface area contributed by atoms with Gasteiger partial charge in [-0.25, -0.2) is 0 Å². The van der Waals surface area contributed by atoms with E-state index in [9.17, 15) is 0 Å². The zero-order valence-corrected chi connectivity index (χ0v) is 17.0. The van der Waals surface area contributed by atoms with Crippen molar-refractivity contribution >= 4 is 39.6 Å². The van der Waals surface area contributed by atoms with Crippen LogP contribution in [0.1, 0.15) is 5.56 Å². The molecule has 150 valence electrons. The van der Waals surface area contributed by atoms with Crippen LogP contribution in [0.2, 0.25) is 0 Å². The van der Waals surface area contributed by atoms with E-state index in [4.69, 9.17) is 21.7 Å². The number of rotatable bonds is 4. The third kappa shape index (κ3) is 3.92. The van der Waals surface area contributed by atoms with Gasteiger partial charge >= 0.3 is 0 Å². The number of benzene rings is 3. The minimum absolute atomic E-state index is 0.460. The number of nitrogens with zero attached hydrogens (tertiary/aromatic N) is 2. The molecule has 7 heteroatoms.